The summed E-state index contributed by atoms with van der Waals surface area (Å²) in [5.74, 6) is -2.75. The molecule has 1 unspecified atom stereocenters. The van der Waals surface area contributed by atoms with Crippen molar-refractivity contribution in [3.63, 3.8) is 0 Å². The molecule has 1 aliphatic rings. The highest BCUT2D eigenvalue weighted by atomic mass is 16.5. The number of hydrogen-bond donors (Lipinski definition) is 1. The molecule has 2 N–H and O–H groups in total. The Hall–Kier alpha value is -4.58. The molecule has 1 aliphatic heterocycles. The minimum Gasteiger partial charge on any atom is -0.466 e. The van der Waals surface area contributed by atoms with Crippen LogP contribution in [0.2, 0.25) is 0 Å². The molecule has 192 valence electrons. The van der Waals surface area contributed by atoms with Gasteiger partial charge in [0.05, 0.1) is 43.0 Å². The van der Waals surface area contributed by atoms with Gasteiger partial charge >= 0.3 is 11.9 Å². The van der Waals surface area contributed by atoms with E-state index in [1.807, 2.05) is 13.8 Å². The fraction of sp³-hybridized carbons (Fsp3) is 0.286. The molecule has 2 aromatic carbocycles. The molecular formula is C28H30N4O5. The maximum Gasteiger partial charge on any atom is 0.355 e. The molecule has 2 aromatic rings. The predicted molar refractivity (Wildman–Crippen MR) is 138 cm³/mol. The first-order chi connectivity index (χ1) is 17.7. The van der Waals surface area contributed by atoms with Crippen molar-refractivity contribution in [3.8, 4) is 6.07 Å². The van der Waals surface area contributed by atoms with Gasteiger partial charge < -0.3 is 20.1 Å². The third-order valence-electron chi connectivity index (χ3n) is 6.35. The van der Waals surface area contributed by atoms with E-state index in [0.29, 0.717) is 35.5 Å². The third kappa shape index (κ3) is 4.91. The molecule has 3 rings (SSSR count). The highest BCUT2D eigenvalue weighted by molar-refractivity contribution is 6.06. The van der Waals surface area contributed by atoms with Crippen molar-refractivity contribution in [2.75, 3.05) is 32.2 Å². The second kappa shape index (κ2) is 11.4. The fourth-order valence-electron chi connectivity index (χ4n) is 4.50. The number of nitriles is 1. The zero-order valence-electron chi connectivity index (χ0n) is 21.6. The van der Waals surface area contributed by atoms with E-state index in [0.717, 1.165) is 0 Å². The highest BCUT2D eigenvalue weighted by Gasteiger charge is 2.43. The molecule has 9 nitrogen and oxygen atoms in total. The number of rotatable bonds is 7. The number of nitrogens with two attached hydrogens (primary N) is 1. The Morgan fingerprint density at radius 2 is 1.65 bits per heavy atom. The van der Waals surface area contributed by atoms with Crippen LogP contribution in [-0.4, -0.2) is 50.1 Å². The van der Waals surface area contributed by atoms with Gasteiger partial charge in [0.2, 0.25) is 0 Å². The van der Waals surface area contributed by atoms with Gasteiger partial charge in [-0.05, 0) is 50.1 Å². The van der Waals surface area contributed by atoms with Crippen molar-refractivity contribution in [1.82, 2.24) is 4.90 Å². The molecule has 0 bridgehead atoms. The Labute approximate surface area is 216 Å². The number of carbonyl (C=O) groups is 3. The zero-order valence-corrected chi connectivity index (χ0v) is 21.6. The Balaban J connectivity index is 2.32. The van der Waals surface area contributed by atoms with Gasteiger partial charge in [0.15, 0.2) is 0 Å². The summed E-state index contributed by atoms with van der Waals surface area (Å²) >= 11 is 0. The number of benzene rings is 2. The number of anilines is 1. The van der Waals surface area contributed by atoms with Crippen LogP contribution < -0.4 is 10.6 Å². The van der Waals surface area contributed by atoms with Crippen molar-refractivity contribution >= 4 is 23.5 Å². The van der Waals surface area contributed by atoms with Crippen LogP contribution in [0.15, 0.2) is 71.2 Å². The summed E-state index contributed by atoms with van der Waals surface area (Å²) in [7, 11) is 2.39. The van der Waals surface area contributed by atoms with Crippen molar-refractivity contribution in [2.24, 2.45) is 5.73 Å². The van der Waals surface area contributed by atoms with Crippen LogP contribution in [0, 0.1) is 18.3 Å². The summed E-state index contributed by atoms with van der Waals surface area (Å²) in [6.07, 6.45) is 0. The van der Waals surface area contributed by atoms with Gasteiger partial charge in [0, 0.05) is 18.7 Å². The third-order valence-corrected chi connectivity index (χ3v) is 6.35. The number of aryl methyl sites for hydroxylation is 1. The Kier molecular flexibility index (Phi) is 8.35. The van der Waals surface area contributed by atoms with Crippen LogP contribution in [-0.2, 0) is 19.1 Å². The molecule has 0 saturated carbocycles. The summed E-state index contributed by atoms with van der Waals surface area (Å²) in [6.45, 7) is 6.67. The molecule has 0 aliphatic carbocycles. The molecular weight excluding hydrogens is 472 g/mol. The van der Waals surface area contributed by atoms with E-state index < -0.39 is 17.9 Å². The minimum atomic E-state index is -0.951. The molecule has 0 radical (unpaired) electrons. The minimum absolute atomic E-state index is 0.0321. The SMILES string of the molecule is CCN(CC)C(=O)c1ccc(N2C(N)=C(C#N)C(c3ccccc3)C(C(=O)OC)=C2C(=O)OC)c(C)c1. The normalized spacial score (nSPS) is 15.2. The maximum atomic E-state index is 13.2. The first kappa shape index (κ1) is 27.0. The van der Waals surface area contributed by atoms with Gasteiger partial charge in [-0.2, -0.15) is 5.26 Å². The standard InChI is InChI=1S/C28H30N4O5/c1-6-31(7-2)26(33)19-13-14-21(17(3)15-19)32-24(28(35)37-5)23(27(34)36-4)22(20(16-29)25(32)30)18-11-9-8-10-12-18/h8-15,22H,6-7,30H2,1-5H3. The lowest BCUT2D eigenvalue weighted by Gasteiger charge is -2.36. The molecule has 1 amide bonds. The number of amides is 1. The number of hydrogen-bond acceptors (Lipinski definition) is 8. The van der Waals surface area contributed by atoms with Crippen LogP contribution in [0.1, 0.15) is 41.3 Å². The molecule has 37 heavy (non-hydrogen) atoms. The van der Waals surface area contributed by atoms with Gasteiger partial charge in [0.1, 0.15) is 11.5 Å². The smallest absolute Gasteiger partial charge is 0.355 e. The number of ether oxygens (including phenoxy) is 2. The zero-order chi connectivity index (χ0) is 27.3. The summed E-state index contributed by atoms with van der Waals surface area (Å²) in [5, 5.41) is 10.2. The maximum absolute atomic E-state index is 13.2. The van der Waals surface area contributed by atoms with Gasteiger partial charge in [-0.3, -0.25) is 9.69 Å². The van der Waals surface area contributed by atoms with E-state index in [-0.39, 0.29) is 28.6 Å². The topological polar surface area (TPSA) is 126 Å². The number of allylic oxidation sites excluding steroid dienone is 1. The summed E-state index contributed by atoms with van der Waals surface area (Å²) < 4.78 is 10.1. The summed E-state index contributed by atoms with van der Waals surface area (Å²) in [4.78, 5) is 42.3. The van der Waals surface area contributed by atoms with Crippen molar-refractivity contribution in [2.45, 2.75) is 26.7 Å². The van der Waals surface area contributed by atoms with E-state index in [1.165, 1.54) is 19.1 Å². The van der Waals surface area contributed by atoms with Crippen molar-refractivity contribution in [1.29, 1.82) is 5.26 Å². The predicted octanol–water partition coefficient (Wildman–Crippen LogP) is 3.37. The van der Waals surface area contributed by atoms with E-state index in [9.17, 15) is 19.6 Å². The average Bonchev–Trinajstić information content (AvgIpc) is 2.92. The largest absolute Gasteiger partial charge is 0.466 e. The van der Waals surface area contributed by atoms with Crippen LogP contribution in [0.5, 0.6) is 0 Å². The number of nitrogens with zero attached hydrogens (tertiary/aromatic N) is 3. The Morgan fingerprint density at radius 1 is 1.03 bits per heavy atom. The first-order valence-electron chi connectivity index (χ1n) is 11.8. The second-order valence-electron chi connectivity index (χ2n) is 8.31. The van der Waals surface area contributed by atoms with Crippen molar-refractivity contribution in [3.05, 3.63) is 87.9 Å². The molecule has 0 aromatic heterocycles. The quantitative estimate of drug-likeness (QED) is 0.571. The highest BCUT2D eigenvalue weighted by Crippen LogP contribution is 2.43. The Morgan fingerprint density at radius 3 is 2.16 bits per heavy atom. The van der Waals surface area contributed by atoms with Crippen molar-refractivity contribution < 1.29 is 23.9 Å². The van der Waals surface area contributed by atoms with E-state index in [4.69, 9.17) is 15.2 Å². The monoisotopic (exact) mass is 502 g/mol. The molecule has 0 fully saturated rings. The molecule has 1 atom stereocenters. The van der Waals surface area contributed by atoms with Crippen LogP contribution in [0.3, 0.4) is 0 Å². The number of esters is 2. The fourth-order valence-corrected chi connectivity index (χ4v) is 4.50. The summed E-state index contributed by atoms with van der Waals surface area (Å²) in [6, 6.07) is 15.9. The summed E-state index contributed by atoms with van der Waals surface area (Å²) in [5.41, 5.74) is 8.44. The molecule has 0 spiro atoms. The number of carbonyl (C=O) groups excluding carboxylic acids is 3. The molecule has 0 saturated heterocycles. The lowest BCUT2D eigenvalue weighted by Crippen LogP contribution is -2.41. The average molecular weight is 503 g/mol. The van der Waals surface area contributed by atoms with Crippen LogP contribution in [0.25, 0.3) is 0 Å². The lowest BCUT2D eigenvalue weighted by molar-refractivity contribution is -0.139. The number of methoxy groups -OCH3 is 2. The van der Waals surface area contributed by atoms with Gasteiger partial charge in [-0.1, -0.05) is 30.3 Å². The molecule has 9 heteroatoms. The van der Waals surface area contributed by atoms with Crippen LogP contribution >= 0.6 is 0 Å². The van der Waals surface area contributed by atoms with Crippen LogP contribution in [0.4, 0.5) is 5.69 Å². The second-order valence-corrected chi connectivity index (χ2v) is 8.31. The molecule has 1 heterocycles. The Bertz CT molecular complexity index is 1320. The lowest BCUT2D eigenvalue weighted by atomic mass is 9.80. The van der Waals surface area contributed by atoms with Gasteiger partial charge in [0.25, 0.3) is 5.91 Å². The van der Waals surface area contributed by atoms with E-state index >= 15 is 0 Å². The van der Waals surface area contributed by atoms with Gasteiger partial charge in [-0.15, -0.1) is 0 Å². The van der Waals surface area contributed by atoms with Gasteiger partial charge in [-0.25, -0.2) is 9.59 Å². The van der Waals surface area contributed by atoms with E-state index in [2.05, 4.69) is 6.07 Å². The first-order valence-corrected chi connectivity index (χ1v) is 11.8. The van der Waals surface area contributed by atoms with E-state index in [1.54, 1.807) is 60.4 Å².